The second-order valence-corrected chi connectivity index (χ2v) is 29.0. The Kier molecular flexibility index (Phi) is 39.1. The van der Waals surface area contributed by atoms with Crippen LogP contribution in [0.1, 0.15) is 285 Å². The van der Waals surface area contributed by atoms with Crippen LogP contribution in [0.5, 0.6) is 0 Å². The van der Waals surface area contributed by atoms with Gasteiger partial charge in [-0.05, 0) is 104 Å². The zero-order chi connectivity index (χ0) is 53.9. The van der Waals surface area contributed by atoms with Crippen LogP contribution >= 0.6 is 11.8 Å². The Morgan fingerprint density at radius 3 is 1.75 bits per heavy atom. The number of esters is 2. The highest BCUT2D eigenvalue weighted by Gasteiger charge is 2.49. The standard InChI is InChI=1S/C67H117NO5SSi/c1-6-9-12-15-16-27-45-60(44-26-13-10-7-2)66(70)72-56-39-21-28-46-61(68-55-38-23-37-54-67(4,5)75(71,63-49-31-19-32-50-63)64-51-33-20-34-52-64)47-29-22-40-57-74-58-62(48-30-14-11-8-3)73-65(69)53-36-35-43-59-41-24-17-18-25-42-59/h19-20,31-34,49-52,59-62,68,71H,6-18,21-30,35-48,53-58H2,1-5H3. The predicted octanol–water partition coefficient (Wildman–Crippen LogP) is 18.2. The minimum Gasteiger partial charge on any atom is -0.465 e. The van der Waals surface area contributed by atoms with Crippen molar-refractivity contribution in [2.75, 3.05) is 24.7 Å². The number of carbonyl (C=O) groups is 2. The number of unbranched alkanes of at least 4 members (excludes halogenated alkanes) is 18. The van der Waals surface area contributed by atoms with Crippen molar-refractivity contribution < 1.29 is 23.9 Å². The molecule has 3 rings (SSSR count). The van der Waals surface area contributed by atoms with Gasteiger partial charge in [-0.15, -0.1) is 0 Å². The van der Waals surface area contributed by atoms with E-state index >= 15 is 0 Å². The SMILES string of the molecule is CCCCCCCCC(CCCCCC)C(=O)OCCCCCC(CCCCCSCC(CCCCCC)OC(=O)CCCCC1CCCCCC1)NCCCCCC(C)(C)[Si](O)(c1ccccc1)c1ccccc1. The van der Waals surface area contributed by atoms with E-state index in [0.717, 1.165) is 131 Å². The third-order valence-corrected chi connectivity index (χ3v) is 22.6. The Balaban J connectivity index is 1.47. The summed E-state index contributed by atoms with van der Waals surface area (Å²) in [5.41, 5.74) is 0. The van der Waals surface area contributed by atoms with E-state index in [9.17, 15) is 14.4 Å². The number of ether oxygens (including phenoxy) is 2. The third kappa shape index (κ3) is 30.2. The van der Waals surface area contributed by atoms with Gasteiger partial charge in [0, 0.05) is 18.2 Å². The summed E-state index contributed by atoms with van der Waals surface area (Å²) in [6.07, 6.45) is 46.2. The molecule has 0 radical (unpaired) electrons. The fraction of sp³-hybridized carbons (Fsp3) is 0.791. The molecule has 0 bridgehead atoms. The molecule has 0 saturated heterocycles. The molecular weight excluding hydrogens is 959 g/mol. The van der Waals surface area contributed by atoms with Crippen LogP contribution in [0.4, 0.5) is 0 Å². The van der Waals surface area contributed by atoms with Crippen molar-refractivity contribution in [3.05, 3.63) is 60.7 Å². The minimum atomic E-state index is -3.00. The molecule has 1 aliphatic rings. The molecule has 3 atom stereocenters. The molecule has 0 aliphatic heterocycles. The quantitative estimate of drug-likeness (QED) is 0.0296. The fourth-order valence-corrected chi connectivity index (χ4v) is 16.8. The average Bonchev–Trinajstić information content (AvgIpc) is 3.70. The van der Waals surface area contributed by atoms with Gasteiger partial charge in [-0.3, -0.25) is 9.59 Å². The van der Waals surface area contributed by atoms with E-state index in [2.05, 4.69) is 88.5 Å². The molecule has 1 saturated carbocycles. The summed E-state index contributed by atoms with van der Waals surface area (Å²) in [7, 11) is -3.00. The van der Waals surface area contributed by atoms with Gasteiger partial charge in [0.1, 0.15) is 6.10 Å². The van der Waals surface area contributed by atoms with Gasteiger partial charge in [-0.25, -0.2) is 0 Å². The van der Waals surface area contributed by atoms with Crippen molar-refractivity contribution in [1.82, 2.24) is 5.32 Å². The molecule has 2 aromatic carbocycles. The van der Waals surface area contributed by atoms with Gasteiger partial charge in [0.2, 0.25) is 0 Å². The molecule has 0 aromatic heterocycles. The lowest BCUT2D eigenvalue weighted by molar-refractivity contribution is -0.149. The monoisotopic (exact) mass is 1080 g/mol. The smallest absolute Gasteiger partial charge is 0.308 e. The largest absolute Gasteiger partial charge is 0.465 e. The topological polar surface area (TPSA) is 84.9 Å². The molecular formula is C67H117NO5SSi. The maximum atomic E-state index is 13.3. The number of rotatable bonds is 48. The van der Waals surface area contributed by atoms with E-state index in [1.54, 1.807) is 0 Å². The molecule has 8 heteroatoms. The minimum absolute atomic E-state index is 0.0286. The normalized spacial score (nSPS) is 14.9. The molecule has 1 fully saturated rings. The molecule has 2 N–H and O–H groups in total. The first kappa shape index (κ1) is 67.1. The molecule has 2 aromatic rings. The Labute approximate surface area is 468 Å². The molecule has 3 unspecified atom stereocenters. The predicted molar refractivity (Wildman–Crippen MR) is 328 cm³/mol. The van der Waals surface area contributed by atoms with E-state index < -0.39 is 8.32 Å². The summed E-state index contributed by atoms with van der Waals surface area (Å²) in [5, 5.41) is 5.98. The maximum Gasteiger partial charge on any atom is 0.308 e. The van der Waals surface area contributed by atoms with E-state index in [0.29, 0.717) is 19.1 Å². The highest BCUT2D eigenvalue weighted by atomic mass is 32.2. The van der Waals surface area contributed by atoms with Crippen LogP contribution < -0.4 is 15.7 Å². The lowest BCUT2D eigenvalue weighted by atomic mass is 9.94. The van der Waals surface area contributed by atoms with Crippen LogP contribution in [0, 0.1) is 11.8 Å². The number of hydrogen-bond donors (Lipinski definition) is 2. The summed E-state index contributed by atoms with van der Waals surface area (Å²) in [6, 6.07) is 21.4. The van der Waals surface area contributed by atoms with Crippen LogP contribution in [0.2, 0.25) is 5.04 Å². The molecule has 6 nitrogen and oxygen atoms in total. The summed E-state index contributed by atoms with van der Waals surface area (Å²) in [6.45, 7) is 12.9. The molecule has 430 valence electrons. The summed E-state index contributed by atoms with van der Waals surface area (Å²) in [4.78, 5) is 39.0. The van der Waals surface area contributed by atoms with Crippen molar-refractivity contribution in [3.8, 4) is 0 Å². The third-order valence-electron chi connectivity index (χ3n) is 16.9. The van der Waals surface area contributed by atoms with Crippen molar-refractivity contribution in [1.29, 1.82) is 0 Å². The van der Waals surface area contributed by atoms with Gasteiger partial charge in [0.15, 0.2) is 0 Å². The molecule has 0 heterocycles. The number of hydrogen-bond acceptors (Lipinski definition) is 7. The van der Waals surface area contributed by atoms with E-state index in [1.165, 1.54) is 148 Å². The number of nitrogens with one attached hydrogen (secondary N) is 1. The van der Waals surface area contributed by atoms with Gasteiger partial charge in [0.05, 0.1) is 12.5 Å². The summed E-state index contributed by atoms with van der Waals surface area (Å²) in [5.74, 6) is 3.09. The lowest BCUT2D eigenvalue weighted by Crippen LogP contribution is -2.65. The first-order chi connectivity index (χ1) is 36.6. The van der Waals surface area contributed by atoms with Crippen LogP contribution in [-0.2, 0) is 19.1 Å². The number of benzene rings is 2. The first-order valence-corrected chi connectivity index (χ1v) is 35.2. The lowest BCUT2D eigenvalue weighted by Gasteiger charge is -2.41. The Morgan fingerprint density at radius 1 is 0.613 bits per heavy atom. The zero-order valence-electron chi connectivity index (χ0n) is 49.5. The van der Waals surface area contributed by atoms with Gasteiger partial charge in [-0.2, -0.15) is 11.8 Å². The Bertz CT molecular complexity index is 1600. The molecule has 1 aliphatic carbocycles. The van der Waals surface area contributed by atoms with Gasteiger partial charge in [-0.1, -0.05) is 269 Å². The van der Waals surface area contributed by atoms with Crippen LogP contribution in [0.15, 0.2) is 60.7 Å². The highest BCUT2D eigenvalue weighted by molar-refractivity contribution is 7.99. The fourth-order valence-electron chi connectivity index (χ4n) is 11.9. The second kappa shape index (κ2) is 43.7. The Morgan fingerprint density at radius 2 is 1.13 bits per heavy atom. The van der Waals surface area contributed by atoms with E-state index in [1.807, 2.05) is 23.9 Å². The summed E-state index contributed by atoms with van der Waals surface area (Å²) >= 11 is 1.99. The summed E-state index contributed by atoms with van der Waals surface area (Å²) < 4.78 is 12.1. The molecule has 0 spiro atoms. The van der Waals surface area contributed by atoms with Crippen molar-refractivity contribution in [2.45, 2.75) is 302 Å². The van der Waals surface area contributed by atoms with Gasteiger partial charge < -0.3 is 19.6 Å². The van der Waals surface area contributed by atoms with Crippen molar-refractivity contribution in [3.63, 3.8) is 0 Å². The number of thioether (sulfide) groups is 1. The van der Waals surface area contributed by atoms with Gasteiger partial charge >= 0.3 is 11.9 Å². The van der Waals surface area contributed by atoms with Crippen molar-refractivity contribution in [2.24, 2.45) is 11.8 Å². The molecule has 0 amide bonds. The Hall–Kier alpha value is -2.13. The maximum absolute atomic E-state index is 13.3. The zero-order valence-corrected chi connectivity index (χ0v) is 51.3. The molecule has 75 heavy (non-hydrogen) atoms. The second-order valence-electron chi connectivity index (χ2n) is 23.9. The first-order valence-electron chi connectivity index (χ1n) is 32.1. The highest BCUT2D eigenvalue weighted by Crippen LogP contribution is 2.40. The van der Waals surface area contributed by atoms with E-state index in [-0.39, 0.29) is 29.0 Å². The van der Waals surface area contributed by atoms with Crippen LogP contribution in [0.25, 0.3) is 0 Å². The number of carbonyl (C=O) groups excluding carboxylic acids is 2. The average molecular weight is 1080 g/mol. The van der Waals surface area contributed by atoms with Gasteiger partial charge in [0.25, 0.3) is 8.32 Å². The van der Waals surface area contributed by atoms with E-state index in [4.69, 9.17) is 9.47 Å². The van der Waals surface area contributed by atoms with Crippen molar-refractivity contribution >= 4 is 42.4 Å². The van der Waals surface area contributed by atoms with Crippen LogP contribution in [-0.4, -0.2) is 61.9 Å². The van der Waals surface area contributed by atoms with Crippen LogP contribution in [0.3, 0.4) is 0 Å².